The highest BCUT2D eigenvalue weighted by atomic mass is 16.4. The Kier molecular flexibility index (Phi) is 5.16. The second-order valence-corrected chi connectivity index (χ2v) is 7.33. The van der Waals surface area contributed by atoms with E-state index in [0.717, 1.165) is 25.7 Å². The molecule has 0 aliphatic heterocycles. The van der Waals surface area contributed by atoms with Gasteiger partial charge in [-0.3, -0.25) is 9.59 Å². The van der Waals surface area contributed by atoms with Gasteiger partial charge in [0.2, 0.25) is 0 Å². The Bertz CT molecular complexity index is 815. The molecule has 1 fully saturated rings. The van der Waals surface area contributed by atoms with Crippen LogP contribution in [-0.2, 0) is 16.6 Å². The zero-order valence-corrected chi connectivity index (χ0v) is 15.3. The van der Waals surface area contributed by atoms with E-state index in [1.165, 1.54) is 17.4 Å². The smallest absolute Gasteiger partial charge is 0.311 e. The minimum Gasteiger partial charge on any atom is -0.481 e. The van der Waals surface area contributed by atoms with E-state index < -0.39 is 5.97 Å². The Morgan fingerprint density at radius 2 is 1.96 bits per heavy atom. The predicted molar refractivity (Wildman–Crippen MR) is 98.4 cm³/mol. The van der Waals surface area contributed by atoms with Crippen molar-refractivity contribution in [3.63, 3.8) is 0 Å². The van der Waals surface area contributed by atoms with Crippen molar-refractivity contribution in [3.05, 3.63) is 58.5 Å². The number of nitrogens with one attached hydrogen (secondary N) is 1. The number of carboxylic acids is 1. The Balaban J connectivity index is 1.79. The fourth-order valence-electron chi connectivity index (χ4n) is 4.00. The summed E-state index contributed by atoms with van der Waals surface area (Å²) < 4.78 is 5.28. The number of carbonyl (C=O) groups is 2. The Labute approximate surface area is 153 Å². The van der Waals surface area contributed by atoms with Crippen molar-refractivity contribution in [1.82, 2.24) is 5.32 Å². The standard InChI is InChI=1S/C21H25NO4/c1-14-6-5-7-16(10-14)21(8-3-4-9-21)13-22-20(25)19-15(2)12-26-17(19)11-18(23)24/h5-7,10,12H,3-4,8-9,11,13H2,1-2H3,(H,22,25)(H,23,24). The second-order valence-electron chi connectivity index (χ2n) is 7.33. The van der Waals surface area contributed by atoms with E-state index in [2.05, 4.69) is 36.5 Å². The third-order valence-electron chi connectivity index (χ3n) is 5.37. The molecular weight excluding hydrogens is 330 g/mol. The quantitative estimate of drug-likeness (QED) is 0.827. The highest BCUT2D eigenvalue weighted by Crippen LogP contribution is 2.41. The maximum absolute atomic E-state index is 12.8. The average molecular weight is 355 g/mol. The number of furan rings is 1. The molecule has 1 aromatic carbocycles. The first-order valence-electron chi connectivity index (χ1n) is 9.05. The molecule has 1 aliphatic rings. The summed E-state index contributed by atoms with van der Waals surface area (Å²) in [6.07, 6.45) is 5.54. The number of aryl methyl sites for hydroxylation is 2. The van der Waals surface area contributed by atoms with Gasteiger partial charge in [-0.15, -0.1) is 0 Å². The van der Waals surface area contributed by atoms with E-state index >= 15 is 0 Å². The number of carbonyl (C=O) groups excluding carboxylic acids is 1. The van der Waals surface area contributed by atoms with Crippen LogP contribution in [0.15, 0.2) is 34.9 Å². The summed E-state index contributed by atoms with van der Waals surface area (Å²) >= 11 is 0. The largest absolute Gasteiger partial charge is 0.481 e. The first-order chi connectivity index (χ1) is 12.4. The lowest BCUT2D eigenvalue weighted by atomic mass is 9.78. The van der Waals surface area contributed by atoms with Crippen molar-refractivity contribution in [1.29, 1.82) is 0 Å². The summed E-state index contributed by atoms with van der Waals surface area (Å²) in [5.41, 5.74) is 3.45. The van der Waals surface area contributed by atoms with Crippen LogP contribution in [0.1, 0.15) is 58.5 Å². The van der Waals surface area contributed by atoms with Gasteiger partial charge in [0.25, 0.3) is 5.91 Å². The molecule has 5 heteroatoms. The number of rotatable bonds is 6. The molecule has 2 aromatic rings. The van der Waals surface area contributed by atoms with Gasteiger partial charge < -0.3 is 14.8 Å². The van der Waals surface area contributed by atoms with Gasteiger partial charge >= 0.3 is 5.97 Å². The molecule has 1 amide bonds. The normalized spacial score (nSPS) is 15.8. The fourth-order valence-corrected chi connectivity index (χ4v) is 4.00. The summed E-state index contributed by atoms with van der Waals surface area (Å²) in [5.74, 6) is -1.06. The predicted octanol–water partition coefficient (Wildman–Crippen LogP) is 3.77. The van der Waals surface area contributed by atoms with E-state index in [-0.39, 0.29) is 23.5 Å². The molecule has 1 saturated carbocycles. The minimum atomic E-state index is -1.01. The molecule has 0 atom stereocenters. The minimum absolute atomic E-state index is 0.0493. The van der Waals surface area contributed by atoms with E-state index in [9.17, 15) is 9.59 Å². The zero-order valence-electron chi connectivity index (χ0n) is 15.3. The molecule has 2 N–H and O–H groups in total. The van der Waals surface area contributed by atoms with Gasteiger partial charge in [0.1, 0.15) is 12.2 Å². The molecule has 0 unspecified atom stereocenters. The molecule has 3 rings (SSSR count). The summed E-state index contributed by atoms with van der Waals surface area (Å²) in [5, 5.41) is 12.1. The van der Waals surface area contributed by atoms with E-state index in [1.54, 1.807) is 6.92 Å². The highest BCUT2D eigenvalue weighted by Gasteiger charge is 2.36. The number of hydrogen-bond acceptors (Lipinski definition) is 3. The van der Waals surface area contributed by atoms with Crippen molar-refractivity contribution in [3.8, 4) is 0 Å². The second kappa shape index (κ2) is 7.36. The van der Waals surface area contributed by atoms with Gasteiger partial charge in [0.05, 0.1) is 11.8 Å². The van der Waals surface area contributed by atoms with Crippen LogP contribution in [0.5, 0.6) is 0 Å². The first-order valence-corrected chi connectivity index (χ1v) is 9.05. The zero-order chi connectivity index (χ0) is 18.7. The van der Waals surface area contributed by atoms with Gasteiger partial charge in [0, 0.05) is 17.5 Å². The lowest BCUT2D eigenvalue weighted by molar-refractivity contribution is -0.136. The van der Waals surface area contributed by atoms with Crippen LogP contribution in [0.4, 0.5) is 0 Å². The third-order valence-corrected chi connectivity index (χ3v) is 5.37. The highest BCUT2D eigenvalue weighted by molar-refractivity contribution is 5.97. The summed E-state index contributed by atoms with van der Waals surface area (Å²) in [6, 6.07) is 8.50. The lowest BCUT2D eigenvalue weighted by Crippen LogP contribution is -2.39. The summed E-state index contributed by atoms with van der Waals surface area (Å²) in [6.45, 7) is 4.39. The number of benzene rings is 1. The van der Waals surface area contributed by atoms with Crippen molar-refractivity contribution in [2.75, 3.05) is 6.54 Å². The van der Waals surface area contributed by atoms with Gasteiger partial charge in [-0.2, -0.15) is 0 Å². The van der Waals surface area contributed by atoms with Gasteiger partial charge in [-0.25, -0.2) is 0 Å². The Hall–Kier alpha value is -2.56. The monoisotopic (exact) mass is 355 g/mol. The molecule has 138 valence electrons. The van der Waals surface area contributed by atoms with Crippen LogP contribution in [0.2, 0.25) is 0 Å². The number of hydrogen-bond donors (Lipinski definition) is 2. The molecule has 0 bridgehead atoms. The van der Waals surface area contributed by atoms with Gasteiger partial charge in [-0.05, 0) is 32.3 Å². The van der Waals surface area contributed by atoms with Crippen LogP contribution < -0.4 is 5.32 Å². The Morgan fingerprint density at radius 1 is 1.23 bits per heavy atom. The van der Waals surface area contributed by atoms with Crippen LogP contribution >= 0.6 is 0 Å². The average Bonchev–Trinajstić information content (AvgIpc) is 3.20. The molecule has 1 aliphatic carbocycles. The van der Waals surface area contributed by atoms with Crippen molar-refractivity contribution < 1.29 is 19.1 Å². The third kappa shape index (κ3) is 3.66. The summed E-state index contributed by atoms with van der Waals surface area (Å²) in [4.78, 5) is 23.8. The molecular formula is C21H25NO4. The molecule has 1 heterocycles. The van der Waals surface area contributed by atoms with Crippen LogP contribution in [0, 0.1) is 13.8 Å². The van der Waals surface area contributed by atoms with E-state index in [0.29, 0.717) is 17.7 Å². The van der Waals surface area contributed by atoms with Crippen LogP contribution in [0.3, 0.4) is 0 Å². The SMILES string of the molecule is Cc1cccc(C2(CNC(=O)c3c(C)coc3CC(=O)O)CCCC2)c1. The number of aliphatic carboxylic acids is 1. The molecule has 0 radical (unpaired) electrons. The molecule has 0 spiro atoms. The van der Waals surface area contributed by atoms with Gasteiger partial charge in [0.15, 0.2) is 0 Å². The Morgan fingerprint density at radius 3 is 2.62 bits per heavy atom. The molecule has 5 nitrogen and oxygen atoms in total. The van der Waals surface area contributed by atoms with E-state index in [1.807, 2.05) is 0 Å². The van der Waals surface area contributed by atoms with E-state index in [4.69, 9.17) is 9.52 Å². The van der Waals surface area contributed by atoms with Gasteiger partial charge in [-0.1, -0.05) is 42.7 Å². The molecule has 0 saturated heterocycles. The fraction of sp³-hybridized carbons (Fsp3) is 0.429. The first kappa shape index (κ1) is 18.2. The van der Waals surface area contributed by atoms with Crippen molar-refractivity contribution >= 4 is 11.9 Å². The van der Waals surface area contributed by atoms with Crippen LogP contribution in [0.25, 0.3) is 0 Å². The number of amides is 1. The van der Waals surface area contributed by atoms with Crippen molar-refractivity contribution in [2.45, 2.75) is 51.4 Å². The molecule has 1 aromatic heterocycles. The number of carboxylic acid groups (broad SMARTS) is 1. The van der Waals surface area contributed by atoms with Crippen molar-refractivity contribution in [2.24, 2.45) is 0 Å². The molecule has 26 heavy (non-hydrogen) atoms. The maximum Gasteiger partial charge on any atom is 0.311 e. The maximum atomic E-state index is 12.8. The summed E-state index contributed by atoms with van der Waals surface area (Å²) in [7, 11) is 0. The van der Waals surface area contributed by atoms with Crippen LogP contribution in [-0.4, -0.2) is 23.5 Å². The lowest BCUT2D eigenvalue weighted by Gasteiger charge is -2.30. The topological polar surface area (TPSA) is 79.5 Å².